The van der Waals surface area contributed by atoms with Crippen molar-refractivity contribution in [2.45, 2.75) is 25.8 Å². The molecule has 0 fully saturated rings. The first-order chi connectivity index (χ1) is 14.0. The number of carbonyl (C=O) groups excluding carboxylic acids is 2. The van der Waals surface area contributed by atoms with Crippen LogP contribution in [-0.4, -0.2) is 33.5 Å². The molecule has 2 amide bonds. The lowest BCUT2D eigenvalue weighted by Gasteiger charge is -2.19. The third kappa shape index (κ3) is 5.90. The van der Waals surface area contributed by atoms with Crippen LogP contribution in [0.4, 0.5) is 0 Å². The minimum atomic E-state index is -0.463. The fourth-order valence-electron chi connectivity index (χ4n) is 2.89. The smallest absolute Gasteiger partial charge is 0.340 e. The average molecular weight is 393 g/mol. The van der Waals surface area contributed by atoms with Gasteiger partial charge in [-0.1, -0.05) is 48.0 Å². The molecule has 0 spiro atoms. The van der Waals surface area contributed by atoms with Crippen LogP contribution in [0.5, 0.6) is 0 Å². The maximum atomic E-state index is 12.6. The van der Waals surface area contributed by atoms with Gasteiger partial charge >= 0.3 is 5.69 Å². The molecule has 1 unspecified atom stereocenters. The molecule has 150 valence electrons. The van der Waals surface area contributed by atoms with Crippen LogP contribution in [0.15, 0.2) is 59.4 Å². The van der Waals surface area contributed by atoms with Crippen molar-refractivity contribution in [3.8, 4) is 0 Å². The predicted octanol–water partition coefficient (Wildman–Crippen LogP) is 1.63. The van der Waals surface area contributed by atoms with Crippen LogP contribution in [0.1, 0.15) is 39.8 Å². The van der Waals surface area contributed by atoms with E-state index in [0.717, 1.165) is 11.1 Å². The van der Waals surface area contributed by atoms with E-state index in [1.165, 1.54) is 0 Å². The minimum Gasteiger partial charge on any atom is -0.356 e. The number of hydrogen-bond acceptors (Lipinski definition) is 4. The van der Waals surface area contributed by atoms with Crippen LogP contribution in [0.25, 0.3) is 0 Å². The third-order valence-corrected chi connectivity index (χ3v) is 4.44. The van der Waals surface area contributed by atoms with Gasteiger partial charge in [-0.15, -0.1) is 0 Å². The molecule has 3 rings (SSSR count). The highest BCUT2D eigenvalue weighted by Gasteiger charge is 2.19. The molecular formula is C21H23N5O3. The monoisotopic (exact) mass is 393 g/mol. The van der Waals surface area contributed by atoms with Crippen LogP contribution in [0.2, 0.25) is 0 Å². The molecule has 29 heavy (non-hydrogen) atoms. The van der Waals surface area contributed by atoms with Crippen molar-refractivity contribution >= 4 is 11.8 Å². The van der Waals surface area contributed by atoms with E-state index in [-0.39, 0.29) is 23.9 Å². The van der Waals surface area contributed by atoms with Gasteiger partial charge in [-0.25, -0.2) is 9.89 Å². The Morgan fingerprint density at radius 1 is 1.07 bits per heavy atom. The number of H-pyrrole nitrogens is 2. The third-order valence-electron chi connectivity index (χ3n) is 4.44. The molecule has 1 aromatic heterocycles. The minimum absolute atomic E-state index is 0.0959. The molecule has 0 bridgehead atoms. The molecule has 0 saturated heterocycles. The highest BCUT2D eigenvalue weighted by Crippen LogP contribution is 2.17. The van der Waals surface area contributed by atoms with E-state index in [2.05, 4.69) is 25.8 Å². The first kappa shape index (κ1) is 20.1. The second-order valence-electron chi connectivity index (χ2n) is 6.73. The summed E-state index contributed by atoms with van der Waals surface area (Å²) in [5.41, 5.74) is 2.08. The number of aryl methyl sites for hydroxylation is 1. The fourth-order valence-corrected chi connectivity index (χ4v) is 2.89. The van der Waals surface area contributed by atoms with Gasteiger partial charge in [-0.3, -0.25) is 14.6 Å². The van der Waals surface area contributed by atoms with Gasteiger partial charge < -0.3 is 10.6 Å². The van der Waals surface area contributed by atoms with E-state index in [0.29, 0.717) is 24.4 Å². The van der Waals surface area contributed by atoms with E-state index < -0.39 is 6.04 Å². The highest BCUT2D eigenvalue weighted by molar-refractivity contribution is 5.94. The normalized spacial score (nSPS) is 11.6. The summed E-state index contributed by atoms with van der Waals surface area (Å²) in [6.07, 6.45) is 0.495. The molecule has 0 saturated carbocycles. The van der Waals surface area contributed by atoms with Gasteiger partial charge in [-0.05, 0) is 24.6 Å². The van der Waals surface area contributed by atoms with Crippen LogP contribution in [0.3, 0.4) is 0 Å². The SMILES string of the molecule is Cc1ccc(C(=O)NC(CC(=O)NCCc2n[nH]c(=O)[nH]2)c2ccccc2)cc1. The van der Waals surface area contributed by atoms with Crippen molar-refractivity contribution in [3.63, 3.8) is 0 Å². The molecule has 3 aromatic rings. The van der Waals surface area contributed by atoms with E-state index in [1.54, 1.807) is 12.1 Å². The average Bonchev–Trinajstić information content (AvgIpc) is 3.13. The van der Waals surface area contributed by atoms with E-state index in [4.69, 9.17) is 0 Å². The number of aromatic nitrogens is 3. The Labute approximate surface area is 167 Å². The van der Waals surface area contributed by atoms with Gasteiger partial charge in [0.1, 0.15) is 5.82 Å². The number of amides is 2. The maximum absolute atomic E-state index is 12.6. The van der Waals surface area contributed by atoms with Gasteiger partial charge in [0.25, 0.3) is 5.91 Å². The van der Waals surface area contributed by atoms with Gasteiger partial charge in [-0.2, -0.15) is 5.10 Å². The number of carbonyl (C=O) groups is 2. The lowest BCUT2D eigenvalue weighted by molar-refractivity contribution is -0.121. The number of nitrogens with one attached hydrogen (secondary N) is 4. The quantitative estimate of drug-likeness (QED) is 0.465. The molecule has 1 atom stereocenters. The zero-order valence-electron chi connectivity index (χ0n) is 16.1. The van der Waals surface area contributed by atoms with E-state index in [1.807, 2.05) is 49.4 Å². The van der Waals surface area contributed by atoms with Crippen LogP contribution in [-0.2, 0) is 11.2 Å². The van der Waals surface area contributed by atoms with Crippen molar-refractivity contribution in [1.29, 1.82) is 0 Å². The van der Waals surface area contributed by atoms with Crippen molar-refractivity contribution in [3.05, 3.63) is 87.6 Å². The topological polar surface area (TPSA) is 120 Å². The number of nitrogens with zero attached hydrogens (tertiary/aromatic N) is 1. The van der Waals surface area contributed by atoms with Gasteiger partial charge in [0.05, 0.1) is 12.5 Å². The Morgan fingerprint density at radius 3 is 2.45 bits per heavy atom. The Balaban J connectivity index is 1.62. The second-order valence-corrected chi connectivity index (χ2v) is 6.73. The molecule has 1 heterocycles. The Morgan fingerprint density at radius 2 is 1.79 bits per heavy atom. The van der Waals surface area contributed by atoms with Crippen molar-refractivity contribution in [1.82, 2.24) is 25.8 Å². The fraction of sp³-hybridized carbons (Fsp3) is 0.238. The molecule has 0 aliphatic rings. The number of benzene rings is 2. The van der Waals surface area contributed by atoms with E-state index in [9.17, 15) is 14.4 Å². The molecular weight excluding hydrogens is 370 g/mol. The second kappa shape index (κ2) is 9.50. The summed E-state index contributed by atoms with van der Waals surface area (Å²) in [4.78, 5) is 38.6. The van der Waals surface area contributed by atoms with Gasteiger partial charge in [0, 0.05) is 18.5 Å². The Kier molecular flexibility index (Phi) is 6.57. The summed E-state index contributed by atoms with van der Waals surface area (Å²) in [6, 6.07) is 16.2. The van der Waals surface area contributed by atoms with Crippen LogP contribution in [0, 0.1) is 6.92 Å². The van der Waals surface area contributed by atoms with Gasteiger partial charge in [0.15, 0.2) is 0 Å². The highest BCUT2D eigenvalue weighted by atomic mass is 16.2. The Bertz CT molecular complexity index is 1010. The van der Waals surface area contributed by atoms with Crippen molar-refractivity contribution < 1.29 is 9.59 Å². The molecule has 0 aliphatic heterocycles. The zero-order chi connectivity index (χ0) is 20.6. The van der Waals surface area contributed by atoms with Crippen molar-refractivity contribution in [2.75, 3.05) is 6.54 Å². The predicted molar refractivity (Wildman–Crippen MR) is 108 cm³/mol. The summed E-state index contributed by atoms with van der Waals surface area (Å²) in [7, 11) is 0. The molecule has 8 heteroatoms. The molecule has 8 nitrogen and oxygen atoms in total. The van der Waals surface area contributed by atoms with Gasteiger partial charge in [0.2, 0.25) is 5.91 Å². The summed E-state index contributed by atoms with van der Waals surface area (Å²) >= 11 is 0. The molecule has 2 aromatic carbocycles. The van der Waals surface area contributed by atoms with Crippen LogP contribution < -0.4 is 16.3 Å². The van der Waals surface area contributed by atoms with Crippen molar-refractivity contribution in [2.24, 2.45) is 0 Å². The van der Waals surface area contributed by atoms with E-state index >= 15 is 0 Å². The summed E-state index contributed by atoms with van der Waals surface area (Å²) in [6.45, 7) is 2.28. The van der Waals surface area contributed by atoms with Crippen LogP contribution >= 0.6 is 0 Å². The summed E-state index contributed by atoms with van der Waals surface area (Å²) in [5.74, 6) is 0.0317. The number of hydrogen-bond donors (Lipinski definition) is 4. The Hall–Kier alpha value is -3.68. The largest absolute Gasteiger partial charge is 0.356 e. The lowest BCUT2D eigenvalue weighted by atomic mass is 10.0. The standard InChI is InChI=1S/C21H23N5O3/c1-14-7-9-16(10-8-14)20(28)23-17(15-5-3-2-4-6-15)13-19(27)22-12-11-18-24-21(29)26-25-18/h2-10,17H,11-13H2,1H3,(H,22,27)(H,23,28)(H2,24,25,26,29). The first-order valence-corrected chi connectivity index (χ1v) is 9.34. The number of rotatable bonds is 8. The first-order valence-electron chi connectivity index (χ1n) is 9.34. The summed E-state index contributed by atoms with van der Waals surface area (Å²) in [5, 5.41) is 11.8. The summed E-state index contributed by atoms with van der Waals surface area (Å²) < 4.78 is 0. The molecule has 0 radical (unpaired) electrons. The molecule has 0 aliphatic carbocycles. The lowest BCUT2D eigenvalue weighted by Crippen LogP contribution is -2.34. The zero-order valence-corrected chi connectivity index (χ0v) is 16.1. The number of aromatic amines is 2. The maximum Gasteiger partial charge on any atom is 0.340 e. The molecule has 4 N–H and O–H groups in total.